The molecule has 1 fully saturated rings. The highest BCUT2D eigenvalue weighted by atomic mass is 32.1. The van der Waals surface area contributed by atoms with Gasteiger partial charge in [0, 0.05) is 0 Å². The van der Waals surface area contributed by atoms with E-state index in [-0.39, 0.29) is 11.9 Å². The predicted molar refractivity (Wildman–Crippen MR) is 69.9 cm³/mol. The fourth-order valence-corrected chi connectivity index (χ4v) is 2.66. The first-order valence-electron chi connectivity index (χ1n) is 6.01. The Morgan fingerprint density at radius 3 is 3.11 bits per heavy atom. The molecule has 1 saturated heterocycles. The van der Waals surface area contributed by atoms with E-state index in [1.165, 1.54) is 11.3 Å². The van der Waals surface area contributed by atoms with Crippen LogP contribution in [0.25, 0.3) is 0 Å². The van der Waals surface area contributed by atoms with Gasteiger partial charge in [0.25, 0.3) is 0 Å². The van der Waals surface area contributed by atoms with Gasteiger partial charge in [-0.2, -0.15) is 0 Å². The van der Waals surface area contributed by atoms with Crippen molar-refractivity contribution in [2.45, 2.75) is 25.8 Å². The Balaban J connectivity index is 2.02. The molecule has 1 aliphatic heterocycles. The molecule has 98 valence electrons. The molecule has 1 aliphatic rings. The number of hydrogen-bond acceptors (Lipinski definition) is 5. The van der Waals surface area contributed by atoms with E-state index in [1.807, 2.05) is 0 Å². The Labute approximate surface area is 110 Å². The largest absolute Gasteiger partial charge is 0.462 e. The highest BCUT2D eigenvalue weighted by Gasteiger charge is 2.24. The molecule has 0 unspecified atom stereocenters. The normalized spacial score (nSPS) is 18.6. The van der Waals surface area contributed by atoms with E-state index in [9.17, 15) is 9.59 Å². The third-order valence-electron chi connectivity index (χ3n) is 2.77. The fourth-order valence-electron chi connectivity index (χ4n) is 1.88. The van der Waals surface area contributed by atoms with Crippen LogP contribution in [0.5, 0.6) is 0 Å². The van der Waals surface area contributed by atoms with E-state index < -0.39 is 5.97 Å². The number of nitrogens with one attached hydrogen (secondary N) is 2. The number of hydrogen-bond donors (Lipinski definition) is 2. The monoisotopic (exact) mass is 268 g/mol. The third kappa shape index (κ3) is 2.88. The number of rotatable bonds is 4. The smallest absolute Gasteiger partial charge is 0.341 e. The first-order valence-corrected chi connectivity index (χ1v) is 6.89. The minimum absolute atomic E-state index is 0.0829. The molecule has 0 aliphatic carbocycles. The van der Waals surface area contributed by atoms with Crippen LogP contribution >= 0.6 is 11.3 Å². The lowest BCUT2D eigenvalue weighted by Crippen LogP contribution is -2.35. The number of anilines is 1. The molecule has 2 heterocycles. The van der Waals surface area contributed by atoms with Crippen LogP contribution in [0.3, 0.4) is 0 Å². The standard InChI is InChI=1S/C12H16N2O3S/c1-2-17-12(16)8-5-7-18-11(8)14-10(15)9-4-3-6-13-9/h5,7,9,13H,2-4,6H2,1H3,(H,14,15)/t9-/m0/s1. The van der Waals surface area contributed by atoms with E-state index in [4.69, 9.17) is 4.74 Å². The van der Waals surface area contributed by atoms with Crippen LogP contribution in [0.15, 0.2) is 11.4 Å². The molecule has 1 aromatic rings. The maximum Gasteiger partial charge on any atom is 0.341 e. The maximum absolute atomic E-state index is 11.9. The molecule has 18 heavy (non-hydrogen) atoms. The van der Waals surface area contributed by atoms with Crippen molar-refractivity contribution in [1.82, 2.24) is 5.32 Å². The van der Waals surface area contributed by atoms with Gasteiger partial charge in [0.2, 0.25) is 5.91 Å². The van der Waals surface area contributed by atoms with Crippen LogP contribution < -0.4 is 10.6 Å². The highest BCUT2D eigenvalue weighted by molar-refractivity contribution is 7.14. The van der Waals surface area contributed by atoms with Crippen molar-refractivity contribution in [3.05, 3.63) is 17.0 Å². The average Bonchev–Trinajstić information content (AvgIpc) is 2.99. The minimum Gasteiger partial charge on any atom is -0.462 e. The molecule has 0 aromatic carbocycles. The molecule has 2 rings (SSSR count). The predicted octanol–water partition coefficient (Wildman–Crippen LogP) is 1.62. The number of thiophene rings is 1. The second-order valence-electron chi connectivity index (χ2n) is 4.02. The lowest BCUT2D eigenvalue weighted by Gasteiger charge is -2.10. The van der Waals surface area contributed by atoms with Gasteiger partial charge in [-0.25, -0.2) is 4.79 Å². The van der Waals surface area contributed by atoms with Gasteiger partial charge in [-0.3, -0.25) is 4.79 Å². The van der Waals surface area contributed by atoms with Crippen LogP contribution in [0.2, 0.25) is 0 Å². The summed E-state index contributed by atoms with van der Waals surface area (Å²) in [7, 11) is 0. The zero-order chi connectivity index (χ0) is 13.0. The summed E-state index contributed by atoms with van der Waals surface area (Å²) in [5, 5.41) is 8.24. The fraction of sp³-hybridized carbons (Fsp3) is 0.500. The minimum atomic E-state index is -0.395. The van der Waals surface area contributed by atoms with Gasteiger partial charge in [-0.05, 0) is 37.8 Å². The van der Waals surface area contributed by atoms with Crippen molar-refractivity contribution in [1.29, 1.82) is 0 Å². The Morgan fingerprint density at radius 1 is 1.61 bits per heavy atom. The lowest BCUT2D eigenvalue weighted by molar-refractivity contribution is -0.117. The van der Waals surface area contributed by atoms with Crippen LogP contribution in [0, 0.1) is 0 Å². The zero-order valence-corrected chi connectivity index (χ0v) is 11.0. The molecule has 2 N–H and O–H groups in total. The molecular weight excluding hydrogens is 252 g/mol. The molecule has 1 amide bonds. The molecule has 5 nitrogen and oxygen atoms in total. The third-order valence-corrected chi connectivity index (χ3v) is 3.60. The number of carbonyl (C=O) groups excluding carboxylic acids is 2. The summed E-state index contributed by atoms with van der Waals surface area (Å²) in [6.45, 7) is 2.95. The summed E-state index contributed by atoms with van der Waals surface area (Å²) in [6, 6.07) is 1.52. The summed E-state index contributed by atoms with van der Waals surface area (Å²) in [5.74, 6) is -0.478. The van der Waals surface area contributed by atoms with Crippen molar-refractivity contribution in [3.8, 4) is 0 Å². The highest BCUT2D eigenvalue weighted by Crippen LogP contribution is 2.24. The molecule has 6 heteroatoms. The molecule has 0 bridgehead atoms. The first kappa shape index (κ1) is 13.0. The van der Waals surface area contributed by atoms with Crippen molar-refractivity contribution in [3.63, 3.8) is 0 Å². The van der Waals surface area contributed by atoms with Crippen molar-refractivity contribution in [2.75, 3.05) is 18.5 Å². The number of ether oxygens (including phenoxy) is 1. The molecule has 0 spiro atoms. The SMILES string of the molecule is CCOC(=O)c1ccsc1NC(=O)[C@@H]1CCCN1. The van der Waals surface area contributed by atoms with Crippen molar-refractivity contribution >= 4 is 28.2 Å². The molecule has 1 aromatic heterocycles. The van der Waals surface area contributed by atoms with E-state index >= 15 is 0 Å². The second kappa shape index (κ2) is 5.97. The summed E-state index contributed by atoms with van der Waals surface area (Å²) in [6.07, 6.45) is 1.85. The first-order chi connectivity index (χ1) is 8.72. The van der Waals surface area contributed by atoms with Crippen molar-refractivity contribution in [2.24, 2.45) is 0 Å². The summed E-state index contributed by atoms with van der Waals surface area (Å²) in [5.41, 5.74) is 0.424. The maximum atomic E-state index is 11.9. The lowest BCUT2D eigenvalue weighted by atomic mass is 10.2. The topological polar surface area (TPSA) is 67.4 Å². The number of carbonyl (C=O) groups is 2. The summed E-state index contributed by atoms with van der Waals surface area (Å²) in [4.78, 5) is 23.6. The Morgan fingerprint density at radius 2 is 2.44 bits per heavy atom. The Hall–Kier alpha value is -1.40. The number of amides is 1. The Bertz CT molecular complexity index is 438. The van der Waals surface area contributed by atoms with Crippen LogP contribution in [0.4, 0.5) is 5.00 Å². The zero-order valence-electron chi connectivity index (χ0n) is 10.2. The average molecular weight is 268 g/mol. The van der Waals surface area contributed by atoms with Gasteiger partial charge in [0.05, 0.1) is 18.2 Å². The summed E-state index contributed by atoms with van der Waals surface area (Å²) < 4.78 is 4.93. The molecule has 0 saturated carbocycles. The van der Waals surface area contributed by atoms with Gasteiger partial charge in [-0.15, -0.1) is 11.3 Å². The molecule has 1 atom stereocenters. The van der Waals surface area contributed by atoms with Crippen LogP contribution in [-0.4, -0.2) is 31.1 Å². The van der Waals surface area contributed by atoms with Gasteiger partial charge < -0.3 is 15.4 Å². The van der Waals surface area contributed by atoms with E-state index in [0.29, 0.717) is 17.2 Å². The van der Waals surface area contributed by atoms with Crippen LogP contribution in [-0.2, 0) is 9.53 Å². The van der Waals surface area contributed by atoms with E-state index in [0.717, 1.165) is 19.4 Å². The second-order valence-corrected chi connectivity index (χ2v) is 4.94. The van der Waals surface area contributed by atoms with Gasteiger partial charge in [0.15, 0.2) is 0 Å². The van der Waals surface area contributed by atoms with Gasteiger partial charge in [0.1, 0.15) is 5.00 Å². The van der Waals surface area contributed by atoms with Crippen molar-refractivity contribution < 1.29 is 14.3 Å². The van der Waals surface area contributed by atoms with Crippen LogP contribution in [0.1, 0.15) is 30.1 Å². The van der Waals surface area contributed by atoms with Gasteiger partial charge in [-0.1, -0.05) is 0 Å². The van der Waals surface area contributed by atoms with E-state index in [2.05, 4.69) is 10.6 Å². The summed E-state index contributed by atoms with van der Waals surface area (Å²) >= 11 is 1.33. The molecule has 0 radical (unpaired) electrons. The Kier molecular flexibility index (Phi) is 4.33. The van der Waals surface area contributed by atoms with Gasteiger partial charge >= 0.3 is 5.97 Å². The van der Waals surface area contributed by atoms with E-state index in [1.54, 1.807) is 18.4 Å². The quantitative estimate of drug-likeness (QED) is 0.814. The molecular formula is C12H16N2O3S. The number of esters is 1.